The van der Waals surface area contributed by atoms with Crippen molar-refractivity contribution in [3.05, 3.63) is 224 Å². The zero-order valence-corrected chi connectivity index (χ0v) is 32.7. The molecule has 0 aliphatic rings. The molecule has 0 radical (unpaired) electrons. The largest absolute Gasteiger partial charge is 0.309 e. The molecule has 272 valence electrons. The SMILES string of the molecule is c1ccc([Si](c2ccccc2)(c2ccccc2)c2cccc(-n3c4cccc5c4c4c(cccc43)n5-c3cccc(-n4c5ccccc5c5ccccc54)c3)c2)cc1. The van der Waals surface area contributed by atoms with Crippen LogP contribution in [0.4, 0.5) is 0 Å². The molecule has 58 heavy (non-hydrogen) atoms. The van der Waals surface area contributed by atoms with E-state index in [1.54, 1.807) is 0 Å². The second kappa shape index (κ2) is 12.8. The molecular weight excluding hydrogens is 719 g/mol. The van der Waals surface area contributed by atoms with E-state index < -0.39 is 8.07 Å². The summed E-state index contributed by atoms with van der Waals surface area (Å²) in [5.41, 5.74) is 10.7. The summed E-state index contributed by atoms with van der Waals surface area (Å²) in [6.45, 7) is 0. The molecule has 4 heteroatoms. The molecule has 0 unspecified atom stereocenters. The van der Waals surface area contributed by atoms with Crippen LogP contribution in [0.2, 0.25) is 0 Å². The summed E-state index contributed by atoms with van der Waals surface area (Å²) < 4.78 is 7.36. The van der Waals surface area contributed by atoms with Gasteiger partial charge in [0.25, 0.3) is 0 Å². The molecule has 0 spiro atoms. The molecule has 3 nitrogen and oxygen atoms in total. The van der Waals surface area contributed by atoms with E-state index in [0.29, 0.717) is 0 Å². The number of rotatable bonds is 7. The molecule has 0 N–H and O–H groups in total. The van der Waals surface area contributed by atoms with Gasteiger partial charge in [-0.25, -0.2) is 0 Å². The molecule has 0 fully saturated rings. The predicted molar refractivity (Wildman–Crippen MR) is 247 cm³/mol. The van der Waals surface area contributed by atoms with Crippen molar-refractivity contribution < 1.29 is 0 Å². The molecule has 0 aliphatic carbocycles. The first-order chi connectivity index (χ1) is 28.8. The van der Waals surface area contributed by atoms with Crippen LogP contribution < -0.4 is 20.7 Å². The Labute approximate surface area is 337 Å². The van der Waals surface area contributed by atoms with Gasteiger partial charge in [0.15, 0.2) is 8.07 Å². The monoisotopic (exact) mass is 755 g/mol. The Morgan fingerprint density at radius 3 is 1.00 bits per heavy atom. The molecule has 0 saturated carbocycles. The summed E-state index contributed by atoms with van der Waals surface area (Å²) in [5.74, 6) is 0. The maximum atomic E-state index is 2.49. The van der Waals surface area contributed by atoms with Gasteiger partial charge in [0, 0.05) is 38.6 Å². The van der Waals surface area contributed by atoms with Gasteiger partial charge >= 0.3 is 0 Å². The Kier molecular flexibility index (Phi) is 7.25. The second-order valence-electron chi connectivity index (χ2n) is 15.3. The minimum atomic E-state index is -2.72. The third-order valence-electron chi connectivity index (χ3n) is 12.3. The van der Waals surface area contributed by atoms with Gasteiger partial charge in [0.05, 0.1) is 33.1 Å². The van der Waals surface area contributed by atoms with Gasteiger partial charge in [-0.15, -0.1) is 0 Å². The lowest BCUT2D eigenvalue weighted by atomic mass is 10.2. The van der Waals surface area contributed by atoms with E-state index in [4.69, 9.17) is 0 Å². The highest BCUT2D eigenvalue weighted by Crippen LogP contribution is 2.42. The number of fused-ring (bicyclic) bond motifs is 3. The lowest BCUT2D eigenvalue weighted by Gasteiger charge is -2.34. The smallest absolute Gasteiger partial charge is 0.179 e. The average Bonchev–Trinajstić information content (AvgIpc) is 3.95. The van der Waals surface area contributed by atoms with Gasteiger partial charge in [-0.2, -0.15) is 0 Å². The number of nitrogens with zero attached hydrogens (tertiary/aromatic N) is 3. The van der Waals surface area contributed by atoms with Crippen molar-refractivity contribution in [2.24, 2.45) is 0 Å². The first kappa shape index (κ1) is 32.8. The zero-order valence-electron chi connectivity index (χ0n) is 31.7. The average molecular weight is 756 g/mol. The molecule has 9 aromatic carbocycles. The van der Waals surface area contributed by atoms with Crippen LogP contribution in [0.3, 0.4) is 0 Å². The first-order valence-electron chi connectivity index (χ1n) is 20.0. The van der Waals surface area contributed by atoms with Crippen LogP contribution in [0.1, 0.15) is 0 Å². The molecule has 0 bridgehead atoms. The number of para-hydroxylation sites is 2. The fraction of sp³-hybridized carbons (Fsp3) is 0. The van der Waals surface area contributed by atoms with Crippen molar-refractivity contribution in [2.75, 3.05) is 0 Å². The van der Waals surface area contributed by atoms with E-state index in [1.165, 1.54) is 81.1 Å². The van der Waals surface area contributed by atoms with Gasteiger partial charge < -0.3 is 13.7 Å². The molecule has 0 amide bonds. The van der Waals surface area contributed by atoms with Crippen LogP contribution in [-0.4, -0.2) is 21.8 Å². The van der Waals surface area contributed by atoms with Gasteiger partial charge in [-0.05, 0) is 87.5 Å². The third-order valence-corrected chi connectivity index (χ3v) is 17.1. The lowest BCUT2D eigenvalue weighted by Crippen LogP contribution is -2.74. The van der Waals surface area contributed by atoms with Crippen molar-refractivity contribution in [3.63, 3.8) is 0 Å². The zero-order chi connectivity index (χ0) is 38.2. The van der Waals surface area contributed by atoms with Gasteiger partial charge in [-0.3, -0.25) is 0 Å². The van der Waals surface area contributed by atoms with Crippen LogP contribution in [-0.2, 0) is 0 Å². The summed E-state index contributed by atoms with van der Waals surface area (Å²) in [4.78, 5) is 0. The summed E-state index contributed by atoms with van der Waals surface area (Å²) in [5, 5.41) is 10.6. The van der Waals surface area contributed by atoms with Crippen molar-refractivity contribution >= 4 is 83.5 Å². The Bertz CT molecular complexity index is 3230. The Morgan fingerprint density at radius 1 is 0.241 bits per heavy atom. The predicted octanol–water partition coefficient (Wildman–Crippen LogP) is 10.6. The molecule has 12 aromatic rings. The van der Waals surface area contributed by atoms with E-state index >= 15 is 0 Å². The van der Waals surface area contributed by atoms with Crippen LogP contribution in [0.15, 0.2) is 224 Å². The second-order valence-corrected chi connectivity index (χ2v) is 19.1. The van der Waals surface area contributed by atoms with Crippen molar-refractivity contribution in [2.45, 2.75) is 0 Å². The summed E-state index contributed by atoms with van der Waals surface area (Å²) in [6, 6.07) is 83.1. The fourth-order valence-corrected chi connectivity index (χ4v) is 14.8. The maximum Gasteiger partial charge on any atom is 0.179 e. The Hall–Kier alpha value is -7.40. The minimum absolute atomic E-state index is 1.15. The number of hydrogen-bond acceptors (Lipinski definition) is 0. The van der Waals surface area contributed by atoms with Crippen LogP contribution in [0, 0.1) is 0 Å². The molecule has 0 atom stereocenters. The number of benzene rings is 9. The number of hydrogen-bond donors (Lipinski definition) is 0. The number of aromatic nitrogens is 3. The summed E-state index contributed by atoms with van der Waals surface area (Å²) in [6.07, 6.45) is 0. The topological polar surface area (TPSA) is 14.8 Å². The highest BCUT2D eigenvalue weighted by atomic mass is 28.3. The fourth-order valence-electron chi connectivity index (χ4n) is 10.0. The van der Waals surface area contributed by atoms with Crippen molar-refractivity contribution in [1.82, 2.24) is 13.7 Å². The highest BCUT2D eigenvalue weighted by Gasteiger charge is 2.41. The standard InChI is InChI=1S/C54H37N3Si/c1-4-21-41(22-5-1)58(42-23-6-2-7-24-42,43-25-8-3-9-26-43)44-27-15-20-40(37-44)57-51-34-16-32-49-53(51)54-50(33-17-35-52(54)57)56(49)39-19-14-18-38(36-39)55-47-30-12-10-28-45(47)46-29-11-13-31-48(46)55/h1-37H. The van der Waals surface area contributed by atoms with Crippen molar-refractivity contribution in [3.8, 4) is 17.1 Å². The molecule has 3 heterocycles. The van der Waals surface area contributed by atoms with E-state index in [2.05, 4.69) is 238 Å². The third kappa shape index (κ3) is 4.61. The lowest BCUT2D eigenvalue weighted by molar-refractivity contribution is 1.13. The molecule has 0 saturated heterocycles. The van der Waals surface area contributed by atoms with E-state index in [-0.39, 0.29) is 0 Å². The van der Waals surface area contributed by atoms with Gasteiger partial charge in [-0.1, -0.05) is 158 Å². The molecular formula is C54H37N3Si. The first-order valence-corrected chi connectivity index (χ1v) is 22.0. The normalized spacial score (nSPS) is 12.1. The Morgan fingerprint density at radius 2 is 0.552 bits per heavy atom. The quantitative estimate of drug-likeness (QED) is 0.114. The highest BCUT2D eigenvalue weighted by molar-refractivity contribution is 7.19. The summed E-state index contributed by atoms with van der Waals surface area (Å²) in [7, 11) is -2.72. The van der Waals surface area contributed by atoms with Crippen LogP contribution in [0.25, 0.3) is 71.7 Å². The van der Waals surface area contributed by atoms with Gasteiger partial charge in [0.1, 0.15) is 0 Å². The van der Waals surface area contributed by atoms with Gasteiger partial charge in [0.2, 0.25) is 0 Å². The van der Waals surface area contributed by atoms with Crippen LogP contribution in [0.5, 0.6) is 0 Å². The van der Waals surface area contributed by atoms with E-state index in [0.717, 1.165) is 11.4 Å². The summed E-state index contributed by atoms with van der Waals surface area (Å²) >= 11 is 0. The molecule has 3 aromatic heterocycles. The molecule has 0 aliphatic heterocycles. The van der Waals surface area contributed by atoms with E-state index in [9.17, 15) is 0 Å². The van der Waals surface area contributed by atoms with Crippen LogP contribution >= 0.6 is 0 Å². The minimum Gasteiger partial charge on any atom is -0.309 e. The van der Waals surface area contributed by atoms with Crippen molar-refractivity contribution in [1.29, 1.82) is 0 Å². The van der Waals surface area contributed by atoms with E-state index in [1.807, 2.05) is 0 Å². The Balaban J connectivity index is 1.07. The molecule has 12 rings (SSSR count). The maximum absolute atomic E-state index is 2.72.